The number of rotatable bonds is 4. The van der Waals surface area contributed by atoms with Gasteiger partial charge in [0, 0.05) is 32.2 Å². The summed E-state index contributed by atoms with van der Waals surface area (Å²) in [6.45, 7) is 22.9. The molecule has 0 spiro atoms. The van der Waals surface area contributed by atoms with Gasteiger partial charge in [-0.25, -0.2) is 0 Å². The molecule has 0 saturated carbocycles. The van der Waals surface area contributed by atoms with Crippen molar-refractivity contribution in [2.75, 3.05) is 0 Å². The average molecular weight is 599 g/mol. The lowest BCUT2D eigenvalue weighted by Gasteiger charge is -2.33. The van der Waals surface area contributed by atoms with Crippen molar-refractivity contribution in [1.29, 1.82) is 0 Å². The number of aromatic amines is 2. The van der Waals surface area contributed by atoms with E-state index in [-0.39, 0.29) is 0 Å². The molecule has 6 aromatic rings. The Kier molecular flexibility index (Phi) is 5.88. The van der Waals surface area contributed by atoms with Gasteiger partial charge in [0.05, 0.1) is 10.7 Å². The third-order valence-corrected chi connectivity index (χ3v) is 14.2. The van der Waals surface area contributed by atoms with E-state index in [1.54, 1.807) is 0 Å². The molecule has 2 nitrogen and oxygen atoms in total. The SMILES string of the molecule is C=C1C=c2c([nH]c3cc(C)c([Si](C)(C)c4c(C)cc5[nH]c6c(c5c4-c4ccccc4)=CC(=C)C=6C)c(-c4ccccc4)c23)=C1C. The van der Waals surface area contributed by atoms with Gasteiger partial charge in [-0.3, -0.25) is 0 Å². The van der Waals surface area contributed by atoms with E-state index in [1.807, 2.05) is 0 Å². The normalized spacial score (nSPS) is 14.4. The fraction of sp³-hybridized carbons (Fsp3) is 0.143. The second-order valence-corrected chi connectivity index (χ2v) is 17.8. The van der Waals surface area contributed by atoms with Crippen molar-refractivity contribution in [3.8, 4) is 22.3 Å². The number of nitrogens with one attached hydrogen (secondary N) is 2. The molecular weight excluding hydrogens is 561 g/mol. The third kappa shape index (κ3) is 3.80. The van der Waals surface area contributed by atoms with Crippen LogP contribution in [-0.4, -0.2) is 18.0 Å². The summed E-state index contributed by atoms with van der Waals surface area (Å²) in [5.74, 6) is 0. The molecule has 2 N–H and O–H groups in total. The van der Waals surface area contributed by atoms with E-state index in [4.69, 9.17) is 0 Å². The number of hydrogen-bond donors (Lipinski definition) is 2. The first kappa shape index (κ1) is 27.7. The second-order valence-electron chi connectivity index (χ2n) is 13.5. The maximum absolute atomic E-state index is 4.37. The Morgan fingerprint density at radius 2 is 0.933 bits per heavy atom. The second kappa shape index (κ2) is 9.57. The fourth-order valence-corrected chi connectivity index (χ4v) is 12.5. The van der Waals surface area contributed by atoms with Crippen molar-refractivity contribution in [2.24, 2.45) is 0 Å². The first-order chi connectivity index (χ1) is 21.6. The molecule has 2 aliphatic carbocycles. The molecule has 0 atom stereocenters. The van der Waals surface area contributed by atoms with Gasteiger partial charge in [-0.1, -0.05) is 86.9 Å². The minimum atomic E-state index is -2.43. The largest absolute Gasteiger partial charge is 0.354 e. The lowest BCUT2D eigenvalue weighted by molar-refractivity contribution is 1.34. The molecule has 8 rings (SSSR count). The summed E-state index contributed by atoms with van der Waals surface area (Å²) in [5.41, 5.74) is 15.0. The predicted octanol–water partition coefficient (Wildman–Crippen LogP) is 6.46. The monoisotopic (exact) mass is 598 g/mol. The molecule has 0 saturated heterocycles. The molecule has 0 radical (unpaired) electrons. The molecule has 3 heteroatoms. The average Bonchev–Trinajstić information content (AvgIpc) is 3.72. The van der Waals surface area contributed by atoms with Gasteiger partial charge in [-0.15, -0.1) is 0 Å². The standard InChI is InChI=1S/C42H38N2Si/c1-23-19-31-37-33(43-39(31)27(23)5)21-25(3)41(35(37)29-15-11-9-12-16-29)45(7,8)42-26(4)22-34-38(36(42)30-17-13-10-14-18-30)32-20-24(2)28(6)40(32)44-34/h9-22,43-44H,1-2H2,3-8H3. The molecule has 0 aliphatic heterocycles. The van der Waals surface area contributed by atoms with Crippen LogP contribution < -0.4 is 31.5 Å². The Hall–Kier alpha value is -4.86. The maximum Gasteiger partial charge on any atom is 0.114 e. The molecule has 2 heterocycles. The summed E-state index contributed by atoms with van der Waals surface area (Å²) in [6.07, 6.45) is 4.56. The van der Waals surface area contributed by atoms with E-state index >= 15 is 0 Å². The molecule has 0 bridgehead atoms. The predicted molar refractivity (Wildman–Crippen MR) is 198 cm³/mol. The minimum Gasteiger partial charge on any atom is -0.354 e. The first-order valence-electron chi connectivity index (χ1n) is 15.8. The van der Waals surface area contributed by atoms with E-state index in [9.17, 15) is 0 Å². The topological polar surface area (TPSA) is 31.6 Å². The molecule has 220 valence electrons. The van der Waals surface area contributed by atoms with Crippen LogP contribution in [0.5, 0.6) is 0 Å². The fourth-order valence-electron chi connectivity index (χ4n) is 8.34. The number of allylic oxidation sites excluding steroid dienone is 2. The molecule has 0 amide bonds. The Morgan fingerprint density at radius 1 is 0.556 bits per heavy atom. The van der Waals surface area contributed by atoms with E-state index in [0.717, 1.165) is 11.1 Å². The van der Waals surface area contributed by atoms with Crippen molar-refractivity contribution in [3.63, 3.8) is 0 Å². The summed E-state index contributed by atoms with van der Waals surface area (Å²) < 4.78 is 0. The highest BCUT2D eigenvalue weighted by Gasteiger charge is 2.37. The van der Waals surface area contributed by atoms with E-state index in [1.165, 1.54) is 97.8 Å². The molecular formula is C42H38N2Si. The smallest absolute Gasteiger partial charge is 0.114 e. The Labute approximate surface area is 265 Å². The lowest BCUT2D eigenvalue weighted by Crippen LogP contribution is -2.56. The van der Waals surface area contributed by atoms with Crippen LogP contribution in [0.1, 0.15) is 25.0 Å². The van der Waals surface area contributed by atoms with Gasteiger partial charge in [-0.05, 0) is 118 Å². The summed E-state index contributed by atoms with van der Waals surface area (Å²) in [5, 5.41) is 10.6. The highest BCUT2D eigenvalue weighted by atomic mass is 28.3. The zero-order chi connectivity index (χ0) is 31.4. The maximum atomic E-state index is 4.37. The third-order valence-electron chi connectivity index (χ3n) is 10.4. The zero-order valence-electron chi connectivity index (χ0n) is 27.0. The molecule has 0 unspecified atom stereocenters. The number of benzene rings is 4. The lowest BCUT2D eigenvalue weighted by atomic mass is 9.97. The van der Waals surface area contributed by atoms with Crippen LogP contribution in [0.15, 0.2) is 97.1 Å². The van der Waals surface area contributed by atoms with E-state index < -0.39 is 8.07 Å². The van der Waals surface area contributed by atoms with Crippen LogP contribution >= 0.6 is 0 Å². The van der Waals surface area contributed by atoms with Crippen molar-refractivity contribution in [2.45, 2.75) is 40.8 Å². The quantitative estimate of drug-likeness (QED) is 0.218. The van der Waals surface area contributed by atoms with Gasteiger partial charge in [0.25, 0.3) is 0 Å². The summed E-state index contributed by atoms with van der Waals surface area (Å²) in [6, 6.07) is 26.9. The zero-order valence-corrected chi connectivity index (χ0v) is 28.0. The van der Waals surface area contributed by atoms with Gasteiger partial charge >= 0.3 is 0 Å². The van der Waals surface area contributed by atoms with Crippen LogP contribution in [0.2, 0.25) is 13.1 Å². The Balaban J connectivity index is 1.57. The van der Waals surface area contributed by atoms with Crippen LogP contribution in [0.25, 0.3) is 67.4 Å². The van der Waals surface area contributed by atoms with Crippen molar-refractivity contribution in [3.05, 3.63) is 129 Å². The molecule has 45 heavy (non-hydrogen) atoms. The Morgan fingerprint density at radius 3 is 1.31 bits per heavy atom. The molecule has 2 aromatic heterocycles. The summed E-state index contributed by atoms with van der Waals surface area (Å²) in [7, 11) is -2.43. The highest BCUT2D eigenvalue weighted by molar-refractivity contribution is 7.02. The van der Waals surface area contributed by atoms with Gasteiger partial charge in [0.1, 0.15) is 8.07 Å². The van der Waals surface area contributed by atoms with Gasteiger partial charge in [0.2, 0.25) is 0 Å². The van der Waals surface area contributed by atoms with Gasteiger partial charge in [0.15, 0.2) is 0 Å². The highest BCUT2D eigenvalue weighted by Crippen LogP contribution is 2.34. The summed E-state index contributed by atoms with van der Waals surface area (Å²) in [4.78, 5) is 7.60. The van der Waals surface area contributed by atoms with Crippen molar-refractivity contribution >= 4 is 63.6 Å². The van der Waals surface area contributed by atoms with E-state index in [0.29, 0.717) is 0 Å². The number of hydrogen-bond acceptors (Lipinski definition) is 0. The van der Waals surface area contributed by atoms with Crippen LogP contribution in [0.3, 0.4) is 0 Å². The van der Waals surface area contributed by atoms with Crippen molar-refractivity contribution in [1.82, 2.24) is 9.97 Å². The molecule has 4 aromatic carbocycles. The van der Waals surface area contributed by atoms with Crippen LogP contribution in [0.4, 0.5) is 0 Å². The van der Waals surface area contributed by atoms with Crippen molar-refractivity contribution < 1.29 is 0 Å². The summed E-state index contributed by atoms with van der Waals surface area (Å²) >= 11 is 0. The number of fused-ring (bicyclic) bond motifs is 6. The number of aromatic nitrogens is 2. The molecule has 2 aliphatic rings. The molecule has 0 fully saturated rings. The Bertz CT molecular complexity index is 2380. The van der Waals surface area contributed by atoms with Gasteiger partial charge < -0.3 is 9.97 Å². The number of aryl methyl sites for hydroxylation is 2. The van der Waals surface area contributed by atoms with Gasteiger partial charge in [-0.2, -0.15) is 0 Å². The van der Waals surface area contributed by atoms with Crippen LogP contribution in [0, 0.1) is 13.8 Å². The first-order valence-corrected chi connectivity index (χ1v) is 18.8. The minimum absolute atomic E-state index is 1.09. The number of H-pyrrole nitrogens is 2. The van der Waals surface area contributed by atoms with Crippen LogP contribution in [-0.2, 0) is 0 Å². The van der Waals surface area contributed by atoms with E-state index in [2.05, 4.69) is 149 Å².